The summed E-state index contributed by atoms with van der Waals surface area (Å²) in [6.45, 7) is 12.4. The van der Waals surface area contributed by atoms with Crippen LogP contribution in [0.25, 0.3) is 16.7 Å². The van der Waals surface area contributed by atoms with Crippen molar-refractivity contribution in [1.29, 1.82) is 0 Å². The van der Waals surface area contributed by atoms with Crippen molar-refractivity contribution < 1.29 is 23.9 Å². The van der Waals surface area contributed by atoms with Gasteiger partial charge in [-0.05, 0) is 76.8 Å². The van der Waals surface area contributed by atoms with Gasteiger partial charge in [-0.3, -0.25) is 9.36 Å². The third-order valence-corrected chi connectivity index (χ3v) is 7.39. The maximum absolute atomic E-state index is 13.7. The number of fused-ring (bicyclic) bond motifs is 1. The van der Waals surface area contributed by atoms with Crippen molar-refractivity contribution in [3.63, 3.8) is 0 Å². The van der Waals surface area contributed by atoms with E-state index in [9.17, 15) is 14.4 Å². The first-order valence-electron chi connectivity index (χ1n) is 15.8. The van der Waals surface area contributed by atoms with Gasteiger partial charge in [0.25, 0.3) is 0 Å². The molecule has 0 saturated carbocycles. The maximum atomic E-state index is 13.7. The summed E-state index contributed by atoms with van der Waals surface area (Å²) < 4.78 is 12.7. The van der Waals surface area contributed by atoms with E-state index in [0.717, 1.165) is 22.4 Å². The van der Waals surface area contributed by atoms with E-state index in [2.05, 4.69) is 20.1 Å². The number of anilines is 1. The van der Waals surface area contributed by atoms with Gasteiger partial charge in [0, 0.05) is 42.6 Å². The van der Waals surface area contributed by atoms with Crippen LogP contribution in [0.5, 0.6) is 0 Å². The minimum atomic E-state index is -1.01. The van der Waals surface area contributed by atoms with Crippen LogP contribution in [0, 0.1) is 5.92 Å². The van der Waals surface area contributed by atoms with Crippen molar-refractivity contribution in [2.75, 3.05) is 36.4 Å². The number of aromatic nitrogens is 2. The number of carbonyl (C=O) groups excluding carboxylic acids is 3. The van der Waals surface area contributed by atoms with Crippen molar-refractivity contribution in [2.24, 2.45) is 5.92 Å². The van der Waals surface area contributed by atoms with Gasteiger partial charge in [0.1, 0.15) is 23.5 Å². The Bertz CT molecular complexity index is 1430. The van der Waals surface area contributed by atoms with Crippen molar-refractivity contribution >= 4 is 57.9 Å². The molecule has 0 bridgehead atoms. The van der Waals surface area contributed by atoms with Gasteiger partial charge >= 0.3 is 12.1 Å². The van der Waals surface area contributed by atoms with Gasteiger partial charge in [0.05, 0.1) is 17.6 Å². The lowest BCUT2D eigenvalue weighted by molar-refractivity contribution is -0.148. The fourth-order valence-corrected chi connectivity index (χ4v) is 5.52. The first-order valence-corrected chi connectivity index (χ1v) is 16.8. The van der Waals surface area contributed by atoms with E-state index in [1.807, 2.05) is 62.4 Å². The smallest absolute Gasteiger partial charge is 0.408 e. The molecule has 12 heteroatoms. The number of imidazole rings is 1. The summed E-state index contributed by atoms with van der Waals surface area (Å²) in [6.07, 6.45) is 0.175. The van der Waals surface area contributed by atoms with Gasteiger partial charge in [-0.2, -0.15) is 0 Å². The van der Waals surface area contributed by atoms with Crippen LogP contribution in [0.15, 0.2) is 48.5 Å². The average Bonchev–Trinajstić information content (AvgIpc) is 3.35. The Morgan fingerprint density at radius 3 is 2.24 bits per heavy atom. The number of halogens is 2. The fraction of sp³-hybridized carbons (Fsp3) is 0.529. The van der Waals surface area contributed by atoms with E-state index in [0.29, 0.717) is 43.5 Å². The summed E-state index contributed by atoms with van der Waals surface area (Å²) in [6, 6.07) is 14.0. The van der Waals surface area contributed by atoms with Crippen molar-refractivity contribution in [1.82, 2.24) is 20.2 Å². The highest BCUT2D eigenvalue weighted by atomic mass is 35.5. The van der Waals surface area contributed by atoms with Crippen LogP contribution in [0.2, 0.25) is 0 Å². The van der Waals surface area contributed by atoms with Crippen molar-refractivity contribution in [3.8, 4) is 5.69 Å². The second-order valence-electron chi connectivity index (χ2n) is 12.4. The van der Waals surface area contributed by atoms with E-state index < -0.39 is 35.7 Å². The molecule has 10 nitrogen and oxygen atoms in total. The van der Waals surface area contributed by atoms with Crippen LogP contribution in [0.1, 0.15) is 60.2 Å². The Labute approximate surface area is 282 Å². The highest BCUT2D eigenvalue weighted by Gasteiger charge is 2.30. The lowest BCUT2D eigenvalue weighted by Gasteiger charge is -2.25. The number of rotatable bonds is 16. The van der Waals surface area contributed by atoms with Gasteiger partial charge in [-0.15, -0.1) is 23.2 Å². The van der Waals surface area contributed by atoms with Crippen LogP contribution in [0.3, 0.4) is 0 Å². The molecule has 46 heavy (non-hydrogen) atoms. The molecule has 1 aromatic heterocycles. The number of aryl methyl sites for hydroxylation is 1. The number of ether oxygens (including phenoxy) is 2. The summed E-state index contributed by atoms with van der Waals surface area (Å²) in [5.41, 5.74) is 2.76. The zero-order valence-electron chi connectivity index (χ0n) is 27.6. The van der Waals surface area contributed by atoms with Gasteiger partial charge in [-0.1, -0.05) is 32.0 Å². The van der Waals surface area contributed by atoms with Gasteiger partial charge < -0.3 is 25.0 Å². The number of benzene rings is 2. The molecule has 3 rings (SSSR count). The average molecular weight is 677 g/mol. The molecule has 2 atom stereocenters. The molecular formula is C34H47Cl2N5O5. The third-order valence-electron chi connectivity index (χ3n) is 7.05. The molecule has 3 aromatic rings. The highest BCUT2D eigenvalue weighted by Crippen LogP contribution is 2.27. The third kappa shape index (κ3) is 10.8. The van der Waals surface area contributed by atoms with E-state index in [1.54, 1.807) is 27.7 Å². The highest BCUT2D eigenvalue weighted by molar-refractivity contribution is 6.18. The molecule has 0 aliphatic carbocycles. The quantitative estimate of drug-likeness (QED) is 0.137. The first-order chi connectivity index (χ1) is 21.9. The fourth-order valence-electron chi connectivity index (χ4n) is 5.11. The predicted molar refractivity (Wildman–Crippen MR) is 184 cm³/mol. The van der Waals surface area contributed by atoms with Crippen LogP contribution >= 0.6 is 23.2 Å². The molecule has 0 aliphatic heterocycles. The van der Waals surface area contributed by atoms with E-state index in [1.165, 1.54) is 0 Å². The molecule has 2 unspecified atom stereocenters. The number of esters is 1. The van der Waals surface area contributed by atoms with Gasteiger partial charge in [0.15, 0.2) is 0 Å². The van der Waals surface area contributed by atoms with Gasteiger partial charge in [0.2, 0.25) is 5.91 Å². The molecule has 0 saturated heterocycles. The summed E-state index contributed by atoms with van der Waals surface area (Å²) in [5.74, 6) is 0.716. The molecule has 2 N–H and O–H groups in total. The van der Waals surface area contributed by atoms with Crippen LogP contribution in [-0.4, -0.2) is 76.7 Å². The Hall–Kier alpha value is -3.50. The van der Waals surface area contributed by atoms with Crippen LogP contribution in [-0.2, 0) is 25.5 Å². The van der Waals surface area contributed by atoms with E-state index in [-0.39, 0.29) is 18.9 Å². The number of amides is 2. The Kier molecular flexibility index (Phi) is 14.0. The number of alkyl carbamates (subject to hydrolysis) is 1. The number of alkyl halides is 2. The number of hydrogen-bond donors (Lipinski definition) is 2. The zero-order valence-corrected chi connectivity index (χ0v) is 29.2. The molecule has 2 aromatic carbocycles. The topological polar surface area (TPSA) is 115 Å². The number of nitrogens with one attached hydrogen (secondary N) is 2. The zero-order chi connectivity index (χ0) is 33.9. The molecule has 1 heterocycles. The first kappa shape index (κ1) is 37.0. The lowest BCUT2D eigenvalue weighted by Crippen LogP contribution is -2.53. The molecular weight excluding hydrogens is 629 g/mol. The van der Waals surface area contributed by atoms with E-state index >= 15 is 0 Å². The minimum absolute atomic E-state index is 0.118. The second-order valence-corrected chi connectivity index (χ2v) is 13.2. The summed E-state index contributed by atoms with van der Waals surface area (Å²) in [5, 5.41) is 5.54. The molecule has 2 amide bonds. The van der Waals surface area contributed by atoms with E-state index in [4.69, 9.17) is 37.7 Å². The molecule has 252 valence electrons. The van der Waals surface area contributed by atoms with Crippen molar-refractivity contribution in [3.05, 3.63) is 54.4 Å². The Morgan fingerprint density at radius 2 is 1.65 bits per heavy atom. The van der Waals surface area contributed by atoms with Crippen LogP contribution in [0.4, 0.5) is 10.5 Å². The van der Waals surface area contributed by atoms with Crippen molar-refractivity contribution in [2.45, 2.75) is 78.5 Å². The molecule has 0 radical (unpaired) electrons. The summed E-state index contributed by atoms with van der Waals surface area (Å²) in [7, 11) is 0. The predicted octanol–water partition coefficient (Wildman–Crippen LogP) is 6.23. The largest absolute Gasteiger partial charge is 0.464 e. The number of nitrogens with zero attached hydrogens (tertiary/aromatic N) is 3. The lowest BCUT2D eigenvalue weighted by atomic mass is 10.0. The number of para-hydroxylation sites is 1. The number of hydrogen-bond acceptors (Lipinski definition) is 7. The second kappa shape index (κ2) is 17.4. The maximum Gasteiger partial charge on any atom is 0.408 e. The number of carbonyl (C=O) groups is 3. The Morgan fingerprint density at radius 1 is 0.978 bits per heavy atom. The normalized spacial score (nSPS) is 12.9. The standard InChI is InChI=1S/C34H47Cl2N5O5/c1-7-45-32(43)28(21-23(2)3)38-31(42)26(39-33(44)46-34(4,5)6)14-16-30-37-27-22-25(40(19-17-35)20-18-36)13-15-29(27)41(30)24-11-9-8-10-12-24/h8-13,15,22-23,26,28H,7,14,16-21H2,1-6H3,(H,38,42)(H,39,44). The molecule has 0 aliphatic rings. The van der Waals surface area contributed by atoms with Crippen LogP contribution < -0.4 is 15.5 Å². The SMILES string of the molecule is CCOC(=O)C(CC(C)C)NC(=O)C(CCc1nc2cc(N(CCCl)CCCl)ccc2n1-c1ccccc1)NC(=O)OC(C)(C)C. The summed E-state index contributed by atoms with van der Waals surface area (Å²) >= 11 is 12.1. The van der Waals surface area contributed by atoms with Gasteiger partial charge in [-0.25, -0.2) is 14.6 Å². The minimum Gasteiger partial charge on any atom is -0.464 e. The molecule has 0 spiro atoms. The summed E-state index contributed by atoms with van der Waals surface area (Å²) in [4.78, 5) is 46.4. The molecule has 0 fully saturated rings. The Balaban J connectivity index is 1.99. The monoisotopic (exact) mass is 675 g/mol.